The van der Waals surface area contributed by atoms with Gasteiger partial charge in [-0.05, 0) is 42.0 Å². The molecule has 0 heterocycles. The summed E-state index contributed by atoms with van der Waals surface area (Å²) in [6, 6.07) is 18.9. The van der Waals surface area contributed by atoms with Crippen molar-refractivity contribution < 1.29 is 0 Å². The topological polar surface area (TPSA) is 26.0 Å². The van der Waals surface area contributed by atoms with E-state index in [9.17, 15) is 0 Å². The predicted molar refractivity (Wildman–Crippen MR) is 74.0 cm³/mol. The molecule has 0 spiro atoms. The van der Waals surface area contributed by atoms with Crippen molar-refractivity contribution in [2.75, 3.05) is 5.73 Å². The van der Waals surface area contributed by atoms with Gasteiger partial charge in [-0.1, -0.05) is 49.4 Å². The highest BCUT2D eigenvalue weighted by molar-refractivity contribution is 5.42. The third-order valence-corrected chi connectivity index (χ3v) is 3.20. The normalized spacial score (nSPS) is 12.3. The van der Waals surface area contributed by atoms with E-state index in [0.717, 1.165) is 18.5 Å². The number of anilines is 1. The summed E-state index contributed by atoms with van der Waals surface area (Å²) in [6.45, 7) is 2.23. The summed E-state index contributed by atoms with van der Waals surface area (Å²) < 4.78 is 0. The van der Waals surface area contributed by atoms with Crippen LogP contribution in [0.5, 0.6) is 0 Å². The second kappa shape index (κ2) is 5.53. The van der Waals surface area contributed by atoms with E-state index in [0.29, 0.717) is 5.92 Å². The molecule has 0 aliphatic rings. The molecule has 1 unspecified atom stereocenters. The Morgan fingerprint density at radius 1 is 1.00 bits per heavy atom. The van der Waals surface area contributed by atoms with Crippen LogP contribution >= 0.6 is 0 Å². The molecule has 2 aromatic carbocycles. The number of hydrogen-bond donors (Lipinski definition) is 1. The van der Waals surface area contributed by atoms with Crippen molar-refractivity contribution in [3.63, 3.8) is 0 Å². The van der Waals surface area contributed by atoms with Crippen LogP contribution in [-0.4, -0.2) is 0 Å². The van der Waals surface area contributed by atoms with Gasteiger partial charge in [0.25, 0.3) is 0 Å². The maximum Gasteiger partial charge on any atom is 0.0316 e. The highest BCUT2D eigenvalue weighted by Crippen LogP contribution is 2.25. The number of rotatable bonds is 4. The zero-order valence-electron chi connectivity index (χ0n) is 10.3. The third kappa shape index (κ3) is 3.10. The van der Waals surface area contributed by atoms with E-state index in [-0.39, 0.29) is 0 Å². The van der Waals surface area contributed by atoms with Gasteiger partial charge in [0, 0.05) is 5.69 Å². The summed E-state index contributed by atoms with van der Waals surface area (Å²) in [5, 5.41) is 0. The first kappa shape index (κ1) is 11.7. The molecule has 0 amide bonds. The van der Waals surface area contributed by atoms with Gasteiger partial charge in [0.2, 0.25) is 0 Å². The molecule has 2 aromatic rings. The van der Waals surface area contributed by atoms with E-state index in [1.54, 1.807) is 0 Å². The van der Waals surface area contributed by atoms with Crippen molar-refractivity contribution in [2.45, 2.75) is 25.7 Å². The van der Waals surface area contributed by atoms with Crippen LogP contribution in [0.25, 0.3) is 0 Å². The minimum absolute atomic E-state index is 0.556. The molecule has 17 heavy (non-hydrogen) atoms. The lowest BCUT2D eigenvalue weighted by Crippen LogP contribution is -2.02. The minimum Gasteiger partial charge on any atom is -0.399 e. The van der Waals surface area contributed by atoms with Gasteiger partial charge in [-0.3, -0.25) is 0 Å². The van der Waals surface area contributed by atoms with Crippen LogP contribution < -0.4 is 5.73 Å². The predicted octanol–water partition coefficient (Wildman–Crippen LogP) is 4.01. The first-order valence-corrected chi connectivity index (χ1v) is 6.19. The molecule has 1 heteroatoms. The van der Waals surface area contributed by atoms with Gasteiger partial charge in [0.1, 0.15) is 0 Å². The first-order valence-electron chi connectivity index (χ1n) is 6.19. The zero-order chi connectivity index (χ0) is 12.1. The summed E-state index contributed by atoms with van der Waals surface area (Å²) in [4.78, 5) is 0. The fourth-order valence-electron chi connectivity index (χ4n) is 2.21. The Balaban J connectivity index is 2.17. The van der Waals surface area contributed by atoms with Crippen LogP contribution in [-0.2, 0) is 6.42 Å². The van der Waals surface area contributed by atoms with Crippen molar-refractivity contribution in [1.29, 1.82) is 0 Å². The summed E-state index contributed by atoms with van der Waals surface area (Å²) in [5.74, 6) is 0.556. The summed E-state index contributed by atoms with van der Waals surface area (Å²) in [6.07, 6.45) is 2.22. The highest BCUT2D eigenvalue weighted by Gasteiger charge is 2.10. The van der Waals surface area contributed by atoms with E-state index in [1.165, 1.54) is 11.1 Å². The molecule has 2 rings (SSSR count). The monoisotopic (exact) mass is 225 g/mol. The molecule has 1 atom stereocenters. The largest absolute Gasteiger partial charge is 0.399 e. The van der Waals surface area contributed by atoms with Crippen molar-refractivity contribution >= 4 is 5.69 Å². The van der Waals surface area contributed by atoms with Gasteiger partial charge in [0.15, 0.2) is 0 Å². The van der Waals surface area contributed by atoms with Gasteiger partial charge in [-0.2, -0.15) is 0 Å². The van der Waals surface area contributed by atoms with Crippen LogP contribution in [0.1, 0.15) is 30.4 Å². The molecular formula is C16H19N. The smallest absolute Gasteiger partial charge is 0.0316 e. The zero-order valence-corrected chi connectivity index (χ0v) is 10.3. The molecule has 0 saturated heterocycles. The Bertz CT molecular complexity index is 462. The number of nitrogen functional groups attached to an aromatic ring is 1. The summed E-state index contributed by atoms with van der Waals surface area (Å²) in [5.41, 5.74) is 9.43. The molecule has 0 aromatic heterocycles. The van der Waals surface area contributed by atoms with E-state index < -0.39 is 0 Å². The van der Waals surface area contributed by atoms with Gasteiger partial charge in [-0.15, -0.1) is 0 Å². The van der Waals surface area contributed by atoms with Gasteiger partial charge in [-0.25, -0.2) is 0 Å². The van der Waals surface area contributed by atoms with E-state index >= 15 is 0 Å². The van der Waals surface area contributed by atoms with Crippen LogP contribution in [0, 0.1) is 0 Å². The Kier molecular flexibility index (Phi) is 3.81. The van der Waals surface area contributed by atoms with Crippen LogP contribution in [0.3, 0.4) is 0 Å². The quantitative estimate of drug-likeness (QED) is 0.782. The Labute approximate surface area is 103 Å². The van der Waals surface area contributed by atoms with Crippen molar-refractivity contribution in [3.8, 4) is 0 Å². The molecule has 0 saturated carbocycles. The third-order valence-electron chi connectivity index (χ3n) is 3.20. The first-order chi connectivity index (χ1) is 8.29. The lowest BCUT2D eigenvalue weighted by molar-refractivity contribution is 0.660. The molecule has 1 nitrogen and oxygen atoms in total. The molecule has 0 aliphatic carbocycles. The van der Waals surface area contributed by atoms with E-state index in [4.69, 9.17) is 5.73 Å². The molecule has 88 valence electrons. The van der Waals surface area contributed by atoms with Crippen molar-refractivity contribution in [2.24, 2.45) is 0 Å². The van der Waals surface area contributed by atoms with Crippen molar-refractivity contribution in [1.82, 2.24) is 0 Å². The fraction of sp³-hybridized carbons (Fsp3) is 0.250. The lowest BCUT2D eigenvalue weighted by Gasteiger charge is -2.16. The van der Waals surface area contributed by atoms with Crippen LogP contribution in [0.2, 0.25) is 0 Å². The van der Waals surface area contributed by atoms with Gasteiger partial charge < -0.3 is 5.73 Å². The standard InChI is InChI=1S/C16H19N/c1-2-14(11-13-7-4-3-5-8-13)15-9-6-10-16(17)12-15/h3-10,12,14H,2,11,17H2,1H3. The van der Waals surface area contributed by atoms with Crippen LogP contribution in [0.15, 0.2) is 54.6 Å². The fourth-order valence-corrected chi connectivity index (χ4v) is 2.21. The molecule has 0 bridgehead atoms. The van der Waals surface area contributed by atoms with Crippen molar-refractivity contribution in [3.05, 3.63) is 65.7 Å². The molecule has 0 fully saturated rings. The lowest BCUT2D eigenvalue weighted by atomic mass is 9.90. The average Bonchev–Trinajstić information content (AvgIpc) is 2.37. The Hall–Kier alpha value is -1.76. The number of benzene rings is 2. The van der Waals surface area contributed by atoms with Crippen LogP contribution in [0.4, 0.5) is 5.69 Å². The minimum atomic E-state index is 0.556. The second-order valence-electron chi connectivity index (χ2n) is 4.47. The maximum atomic E-state index is 5.84. The van der Waals surface area contributed by atoms with E-state index in [1.807, 2.05) is 12.1 Å². The number of hydrogen-bond acceptors (Lipinski definition) is 1. The Morgan fingerprint density at radius 2 is 1.76 bits per heavy atom. The van der Waals surface area contributed by atoms with E-state index in [2.05, 4.69) is 49.4 Å². The molecule has 0 aliphatic heterocycles. The van der Waals surface area contributed by atoms with Gasteiger partial charge in [0.05, 0.1) is 0 Å². The average molecular weight is 225 g/mol. The summed E-state index contributed by atoms with van der Waals surface area (Å²) in [7, 11) is 0. The molecule has 2 N–H and O–H groups in total. The number of nitrogens with two attached hydrogens (primary N) is 1. The molecule has 0 radical (unpaired) electrons. The highest BCUT2D eigenvalue weighted by atomic mass is 14.5. The second-order valence-corrected chi connectivity index (χ2v) is 4.47. The maximum absolute atomic E-state index is 5.84. The molecular weight excluding hydrogens is 206 g/mol. The SMILES string of the molecule is CCC(Cc1ccccc1)c1cccc(N)c1. The van der Waals surface area contributed by atoms with Gasteiger partial charge >= 0.3 is 0 Å². The summed E-state index contributed by atoms with van der Waals surface area (Å²) >= 11 is 0. The Morgan fingerprint density at radius 3 is 2.41 bits per heavy atom.